The van der Waals surface area contributed by atoms with Crippen molar-refractivity contribution in [1.82, 2.24) is 10.6 Å². The summed E-state index contributed by atoms with van der Waals surface area (Å²) in [6.07, 6.45) is 13.6. The van der Waals surface area contributed by atoms with Gasteiger partial charge in [-0.2, -0.15) is 0 Å². The molecule has 0 aromatic heterocycles. The van der Waals surface area contributed by atoms with E-state index < -0.39 is 148 Å². The van der Waals surface area contributed by atoms with E-state index in [1.54, 1.807) is 0 Å². The second kappa shape index (κ2) is 46.5. The van der Waals surface area contributed by atoms with E-state index in [9.17, 15) is 75.7 Å². The normalized spacial score (nSPS) is 29.0. The largest absolute Gasteiger partial charge is 0.477 e. The van der Waals surface area contributed by atoms with E-state index in [1.807, 2.05) is 0 Å². The standard InChI is InChI=1S/C65H120N2O21/c1-4-6-8-10-12-14-16-18-20-21-22-23-24-25-27-29-31-33-35-37-39-52(75)67-46(47(72)38-36-34-32-30-28-26-19-17-15-13-11-9-7-5-2)44-83-62-57(79)56(78)59(51(43-70)85-62)86-63-58(80)61(55(77)50(42-69)84-63)88-65(64(81)82)40-48(73)53(66-45(3)71)60(87-65)54(76)49(74)41-68/h22-23,46-51,53-63,68-70,72-74,76-80H,4-21,24-44H2,1-3H3,(H,66,71)(H,67,75)(H,81,82)/b23-22-. The van der Waals surface area contributed by atoms with E-state index in [0.29, 0.717) is 19.3 Å². The monoisotopic (exact) mass is 1260 g/mol. The molecule has 3 rings (SSSR count). The Morgan fingerprint density at radius 2 is 1.06 bits per heavy atom. The number of carbonyl (C=O) groups excluding carboxylic acids is 2. The Bertz CT molecular complexity index is 1840. The number of hydrogen-bond acceptors (Lipinski definition) is 20. The lowest BCUT2D eigenvalue weighted by atomic mass is 9.88. The number of aliphatic carboxylic acids is 1. The van der Waals surface area contributed by atoms with Gasteiger partial charge in [0.05, 0.1) is 50.7 Å². The van der Waals surface area contributed by atoms with Crippen molar-refractivity contribution in [1.29, 1.82) is 0 Å². The fourth-order valence-electron chi connectivity index (χ4n) is 12.0. The first-order valence-corrected chi connectivity index (χ1v) is 34.0. The molecule has 3 heterocycles. The first-order valence-electron chi connectivity index (χ1n) is 34.0. The lowest BCUT2D eigenvalue weighted by molar-refractivity contribution is -0.386. The molecule has 0 spiro atoms. The van der Waals surface area contributed by atoms with Crippen molar-refractivity contribution in [2.45, 2.75) is 355 Å². The van der Waals surface area contributed by atoms with Gasteiger partial charge in [0.2, 0.25) is 11.8 Å². The van der Waals surface area contributed by atoms with Crippen LogP contribution in [0.2, 0.25) is 0 Å². The maximum atomic E-state index is 13.5. The van der Waals surface area contributed by atoms with Gasteiger partial charge in [-0.3, -0.25) is 9.59 Å². The summed E-state index contributed by atoms with van der Waals surface area (Å²) in [6.45, 7) is 2.20. The lowest BCUT2D eigenvalue weighted by Gasteiger charge is -2.50. The van der Waals surface area contributed by atoms with E-state index in [0.717, 1.165) is 84.0 Å². The molecule has 18 atom stereocenters. The van der Waals surface area contributed by atoms with E-state index in [4.69, 9.17) is 28.4 Å². The molecular weight excluding hydrogens is 1140 g/mol. The average molecular weight is 1270 g/mol. The number of hydrogen-bond donors (Lipinski definition) is 14. The van der Waals surface area contributed by atoms with Gasteiger partial charge in [0.25, 0.3) is 5.79 Å². The molecular formula is C65H120N2O21. The first kappa shape index (κ1) is 79.7. The highest BCUT2D eigenvalue weighted by Crippen LogP contribution is 2.39. The van der Waals surface area contributed by atoms with Crippen LogP contribution in [0, 0.1) is 0 Å². The first-order chi connectivity index (χ1) is 42.4. The van der Waals surface area contributed by atoms with Crippen LogP contribution in [0.5, 0.6) is 0 Å². The molecule has 516 valence electrons. The number of carboxylic acid groups (broad SMARTS) is 1. The highest BCUT2D eigenvalue weighted by molar-refractivity contribution is 5.77. The van der Waals surface area contributed by atoms with Gasteiger partial charge in [0, 0.05) is 19.8 Å². The topological polar surface area (TPSA) is 373 Å². The van der Waals surface area contributed by atoms with Crippen molar-refractivity contribution >= 4 is 17.8 Å². The van der Waals surface area contributed by atoms with Crippen LogP contribution in [0.1, 0.15) is 245 Å². The predicted molar refractivity (Wildman–Crippen MR) is 329 cm³/mol. The molecule has 23 nitrogen and oxygen atoms in total. The van der Waals surface area contributed by atoms with E-state index in [2.05, 4.69) is 36.6 Å². The SMILES string of the molecule is CCCCCCCCCCC/C=C\CCCCCCCCCC(=O)NC(COC1OC(CO)C(OC2OC(CO)C(O)C(OC3(C(=O)O)CC(O)C(NC(C)=O)C(C(O)C(O)CO)O3)C2O)C(O)C1O)C(O)CCCCCCCCCCCCCCCC. The van der Waals surface area contributed by atoms with Crippen LogP contribution in [0.15, 0.2) is 12.2 Å². The summed E-state index contributed by atoms with van der Waals surface area (Å²) in [6, 6.07) is -2.53. The number of unbranched alkanes of at least 4 members (excludes halogenated alkanes) is 29. The quantitative estimate of drug-likeness (QED) is 0.0264. The third-order valence-electron chi connectivity index (χ3n) is 17.5. The number of aliphatic hydroxyl groups excluding tert-OH is 11. The minimum atomic E-state index is -3.08. The maximum Gasteiger partial charge on any atom is 0.364 e. The molecule has 88 heavy (non-hydrogen) atoms. The smallest absolute Gasteiger partial charge is 0.364 e. The van der Waals surface area contributed by atoms with Crippen molar-refractivity contribution in [2.24, 2.45) is 0 Å². The number of rotatable bonds is 51. The van der Waals surface area contributed by atoms with Crippen LogP contribution in [0.4, 0.5) is 0 Å². The summed E-state index contributed by atoms with van der Waals surface area (Å²) in [4.78, 5) is 38.5. The number of aliphatic hydroxyl groups is 11. The molecule has 0 bridgehead atoms. The molecule has 3 fully saturated rings. The van der Waals surface area contributed by atoms with Gasteiger partial charge in [0.1, 0.15) is 67.1 Å². The molecule has 0 aliphatic carbocycles. The summed E-state index contributed by atoms with van der Waals surface area (Å²) >= 11 is 0. The number of carboxylic acids is 1. The molecule has 0 aromatic carbocycles. The number of allylic oxidation sites excluding steroid dienone is 2. The Labute approximate surface area is 524 Å². The third kappa shape index (κ3) is 29.2. The van der Waals surface area contributed by atoms with Crippen LogP contribution in [-0.2, 0) is 42.8 Å². The number of nitrogens with one attached hydrogen (secondary N) is 2. The second-order valence-corrected chi connectivity index (χ2v) is 25.0. The fraction of sp³-hybridized carbons (Fsp3) is 0.923. The Morgan fingerprint density at radius 1 is 0.580 bits per heavy atom. The van der Waals surface area contributed by atoms with Crippen LogP contribution in [0.25, 0.3) is 0 Å². The van der Waals surface area contributed by atoms with Gasteiger partial charge < -0.3 is 100 Å². The number of amides is 2. The van der Waals surface area contributed by atoms with Crippen molar-refractivity contribution in [3.8, 4) is 0 Å². The zero-order chi connectivity index (χ0) is 64.7. The van der Waals surface area contributed by atoms with Gasteiger partial charge in [0.15, 0.2) is 12.6 Å². The Kier molecular flexibility index (Phi) is 42.1. The maximum absolute atomic E-state index is 13.5. The third-order valence-corrected chi connectivity index (χ3v) is 17.5. The van der Waals surface area contributed by atoms with Gasteiger partial charge in [-0.25, -0.2) is 4.79 Å². The molecule has 0 radical (unpaired) electrons. The van der Waals surface area contributed by atoms with Crippen LogP contribution < -0.4 is 10.6 Å². The Hall–Kier alpha value is -2.53. The molecule has 3 aliphatic heterocycles. The van der Waals surface area contributed by atoms with Crippen LogP contribution in [-0.4, -0.2) is 215 Å². The predicted octanol–water partition coefficient (Wildman–Crippen LogP) is 5.51. The Balaban J connectivity index is 1.60. The van der Waals surface area contributed by atoms with Crippen molar-refractivity contribution in [3.63, 3.8) is 0 Å². The van der Waals surface area contributed by atoms with E-state index >= 15 is 0 Å². The molecule has 2 amide bonds. The fourth-order valence-corrected chi connectivity index (χ4v) is 12.0. The second-order valence-electron chi connectivity index (χ2n) is 25.0. The molecule has 0 aromatic rings. The highest BCUT2D eigenvalue weighted by Gasteiger charge is 2.60. The molecule has 0 saturated carbocycles. The zero-order valence-electron chi connectivity index (χ0n) is 53.6. The van der Waals surface area contributed by atoms with Crippen molar-refractivity contribution < 1.29 is 104 Å². The van der Waals surface area contributed by atoms with E-state index in [-0.39, 0.29) is 18.9 Å². The molecule has 23 heteroatoms. The van der Waals surface area contributed by atoms with Crippen LogP contribution >= 0.6 is 0 Å². The highest BCUT2D eigenvalue weighted by atomic mass is 16.8. The van der Waals surface area contributed by atoms with Gasteiger partial charge in [-0.05, 0) is 38.5 Å². The summed E-state index contributed by atoms with van der Waals surface area (Å²) in [5.41, 5.74) is 0. The van der Waals surface area contributed by atoms with Crippen molar-refractivity contribution in [3.05, 3.63) is 12.2 Å². The summed E-state index contributed by atoms with van der Waals surface area (Å²) in [7, 11) is 0. The summed E-state index contributed by atoms with van der Waals surface area (Å²) < 4.78 is 34.8. The molecule has 3 aliphatic rings. The Morgan fingerprint density at radius 3 is 1.53 bits per heavy atom. The summed E-state index contributed by atoms with van der Waals surface area (Å²) in [5, 5.41) is 136. The minimum Gasteiger partial charge on any atom is -0.477 e. The summed E-state index contributed by atoms with van der Waals surface area (Å²) in [5.74, 6) is -6.10. The zero-order valence-corrected chi connectivity index (χ0v) is 53.6. The average Bonchev–Trinajstić information content (AvgIpc) is 0.944. The van der Waals surface area contributed by atoms with Gasteiger partial charge in [-0.15, -0.1) is 0 Å². The number of ether oxygens (including phenoxy) is 6. The van der Waals surface area contributed by atoms with E-state index in [1.165, 1.54) is 116 Å². The van der Waals surface area contributed by atoms with Gasteiger partial charge >= 0.3 is 5.97 Å². The molecule has 3 saturated heterocycles. The molecule has 18 unspecified atom stereocenters. The number of carbonyl (C=O) groups is 3. The molecule has 14 N–H and O–H groups in total. The lowest BCUT2D eigenvalue weighted by Crippen LogP contribution is -2.70. The van der Waals surface area contributed by atoms with Crippen LogP contribution in [0.3, 0.4) is 0 Å². The van der Waals surface area contributed by atoms with Crippen molar-refractivity contribution in [2.75, 3.05) is 26.4 Å². The van der Waals surface area contributed by atoms with Gasteiger partial charge in [-0.1, -0.05) is 199 Å². The minimum absolute atomic E-state index is 0.220.